The molecule has 31 heavy (non-hydrogen) atoms. The Kier molecular flexibility index (Phi) is 7.13. The van der Waals surface area contributed by atoms with E-state index in [2.05, 4.69) is 40.4 Å². The summed E-state index contributed by atoms with van der Waals surface area (Å²) in [7, 11) is 2.18. The summed E-state index contributed by atoms with van der Waals surface area (Å²) in [5.41, 5.74) is 4.70. The Morgan fingerprint density at radius 2 is 1.87 bits per heavy atom. The lowest BCUT2D eigenvalue weighted by molar-refractivity contribution is 0.0920. The zero-order valence-corrected chi connectivity index (χ0v) is 18.9. The first-order valence-electron chi connectivity index (χ1n) is 11.8. The van der Waals surface area contributed by atoms with Gasteiger partial charge < -0.3 is 15.0 Å². The second-order valence-electron chi connectivity index (χ2n) is 8.66. The van der Waals surface area contributed by atoms with Crippen molar-refractivity contribution in [1.82, 2.24) is 10.2 Å². The minimum Gasteiger partial charge on any atom is -0.493 e. The summed E-state index contributed by atoms with van der Waals surface area (Å²) in [4.78, 5) is 17.9. The topological polar surface area (TPSA) is 44.8 Å². The van der Waals surface area contributed by atoms with Crippen molar-refractivity contribution >= 4 is 11.6 Å². The number of benzene rings is 2. The third kappa shape index (κ3) is 5.04. The van der Waals surface area contributed by atoms with Crippen LogP contribution in [0, 0.1) is 0 Å². The quantitative estimate of drug-likeness (QED) is 0.719. The van der Waals surface area contributed by atoms with Crippen LogP contribution in [0.15, 0.2) is 42.5 Å². The largest absolute Gasteiger partial charge is 0.493 e. The molecule has 2 aliphatic heterocycles. The van der Waals surface area contributed by atoms with E-state index in [1.165, 1.54) is 42.5 Å². The van der Waals surface area contributed by atoms with E-state index in [1.807, 2.05) is 31.2 Å². The first-order chi connectivity index (χ1) is 15.2. The molecule has 5 nitrogen and oxygen atoms in total. The predicted octanol–water partition coefficient (Wildman–Crippen LogP) is 4.42. The lowest BCUT2D eigenvalue weighted by Gasteiger charge is -2.36. The van der Waals surface area contributed by atoms with Crippen LogP contribution in [0.2, 0.25) is 0 Å². The number of rotatable bonds is 7. The van der Waals surface area contributed by atoms with Crippen LogP contribution in [0.5, 0.6) is 5.75 Å². The van der Waals surface area contributed by atoms with Crippen molar-refractivity contribution in [3.8, 4) is 5.75 Å². The van der Waals surface area contributed by atoms with Gasteiger partial charge in [-0.25, -0.2) is 0 Å². The fourth-order valence-corrected chi connectivity index (χ4v) is 4.92. The second kappa shape index (κ2) is 10.2. The average Bonchev–Trinajstić information content (AvgIpc) is 2.80. The van der Waals surface area contributed by atoms with Gasteiger partial charge in [0, 0.05) is 25.8 Å². The Labute approximate surface area is 186 Å². The molecule has 1 atom stereocenters. The molecule has 4 rings (SSSR count). The van der Waals surface area contributed by atoms with Gasteiger partial charge in [0.05, 0.1) is 18.2 Å². The lowest BCUT2D eigenvalue weighted by Crippen LogP contribution is -2.40. The van der Waals surface area contributed by atoms with E-state index in [0.29, 0.717) is 24.5 Å². The number of para-hydroxylation sites is 1. The number of fused-ring (bicyclic) bond motifs is 1. The molecule has 2 aliphatic rings. The Balaban J connectivity index is 1.54. The van der Waals surface area contributed by atoms with E-state index < -0.39 is 0 Å². The van der Waals surface area contributed by atoms with Gasteiger partial charge in [-0.15, -0.1) is 0 Å². The Hall–Kier alpha value is -2.53. The summed E-state index contributed by atoms with van der Waals surface area (Å²) in [5.74, 6) is 0.581. The van der Waals surface area contributed by atoms with Crippen LogP contribution in [-0.4, -0.2) is 50.6 Å². The van der Waals surface area contributed by atoms with Gasteiger partial charge in [0.25, 0.3) is 5.91 Å². The van der Waals surface area contributed by atoms with E-state index in [0.717, 1.165) is 26.1 Å². The molecule has 0 radical (unpaired) electrons. The maximum absolute atomic E-state index is 13.0. The van der Waals surface area contributed by atoms with Gasteiger partial charge in [0.1, 0.15) is 5.75 Å². The van der Waals surface area contributed by atoms with Crippen LogP contribution < -0.4 is 15.0 Å². The van der Waals surface area contributed by atoms with Gasteiger partial charge in [0.2, 0.25) is 0 Å². The van der Waals surface area contributed by atoms with Crippen molar-refractivity contribution in [2.75, 3.05) is 44.7 Å². The molecule has 2 aromatic rings. The number of carbonyl (C=O) groups excluding carboxylic acids is 1. The van der Waals surface area contributed by atoms with Crippen molar-refractivity contribution in [2.24, 2.45) is 0 Å². The number of carbonyl (C=O) groups is 1. The highest BCUT2D eigenvalue weighted by molar-refractivity contribution is 5.96. The summed E-state index contributed by atoms with van der Waals surface area (Å²) in [5, 5.41) is 3.21. The van der Waals surface area contributed by atoms with Crippen molar-refractivity contribution in [3.63, 3.8) is 0 Å². The highest BCUT2D eigenvalue weighted by atomic mass is 16.5. The monoisotopic (exact) mass is 421 g/mol. The number of nitrogens with zero attached hydrogens (tertiary/aromatic N) is 2. The van der Waals surface area contributed by atoms with Gasteiger partial charge in [-0.1, -0.05) is 30.7 Å². The number of likely N-dealkylation sites (tertiary alicyclic amines) is 1. The van der Waals surface area contributed by atoms with Crippen LogP contribution in [0.4, 0.5) is 5.69 Å². The molecule has 1 N–H and O–H groups in total. The second-order valence-corrected chi connectivity index (χ2v) is 8.66. The minimum atomic E-state index is -0.0660. The van der Waals surface area contributed by atoms with E-state index in [-0.39, 0.29) is 11.9 Å². The number of hydrogen-bond donors (Lipinski definition) is 1. The maximum Gasteiger partial charge on any atom is 0.255 e. The number of anilines is 1. The third-order valence-electron chi connectivity index (χ3n) is 6.56. The van der Waals surface area contributed by atoms with Crippen molar-refractivity contribution in [1.29, 1.82) is 0 Å². The molecule has 0 bridgehead atoms. The molecule has 2 heterocycles. The molecule has 0 aromatic heterocycles. The first-order valence-corrected chi connectivity index (χ1v) is 11.8. The number of hydrogen-bond acceptors (Lipinski definition) is 4. The number of ether oxygens (including phenoxy) is 1. The van der Waals surface area contributed by atoms with E-state index >= 15 is 0 Å². The molecule has 166 valence electrons. The lowest BCUT2D eigenvalue weighted by atomic mass is 9.95. The van der Waals surface area contributed by atoms with Crippen LogP contribution in [0.1, 0.15) is 60.1 Å². The normalized spacial score (nSPS) is 17.7. The highest BCUT2D eigenvalue weighted by Gasteiger charge is 2.25. The number of nitrogens with one attached hydrogen (secondary N) is 1. The molecule has 0 unspecified atom stereocenters. The minimum absolute atomic E-state index is 0.0660. The standard InChI is InChI=1S/C26H35N3O2/c1-3-31-25-12-6-5-11-22(25)26(30)27-19-24(29-16-7-4-8-17-29)21-13-14-23-20(18-21)10-9-15-28(23)2/h5-6,11-14,18,24H,3-4,7-10,15-17,19H2,1-2H3,(H,27,30)/t24-/m0/s1. The maximum atomic E-state index is 13.0. The molecule has 1 saturated heterocycles. The fraction of sp³-hybridized carbons (Fsp3) is 0.500. The summed E-state index contributed by atoms with van der Waals surface area (Å²) in [6, 6.07) is 14.6. The summed E-state index contributed by atoms with van der Waals surface area (Å²) in [6.45, 7) is 6.39. The van der Waals surface area contributed by atoms with Gasteiger partial charge in [-0.3, -0.25) is 9.69 Å². The van der Waals surface area contributed by atoms with E-state index in [9.17, 15) is 4.79 Å². The Morgan fingerprint density at radius 3 is 2.68 bits per heavy atom. The van der Waals surface area contributed by atoms with E-state index in [4.69, 9.17) is 4.74 Å². The molecule has 1 amide bonds. The molecule has 0 spiro atoms. The Bertz CT molecular complexity index is 892. The molecule has 5 heteroatoms. The van der Waals surface area contributed by atoms with Crippen molar-refractivity contribution < 1.29 is 9.53 Å². The van der Waals surface area contributed by atoms with Gasteiger partial charge in [0.15, 0.2) is 0 Å². The first kappa shape index (κ1) is 21.7. The summed E-state index contributed by atoms with van der Waals surface area (Å²) >= 11 is 0. The molecule has 2 aromatic carbocycles. The molecular weight excluding hydrogens is 386 g/mol. The van der Waals surface area contributed by atoms with Crippen molar-refractivity contribution in [2.45, 2.75) is 45.1 Å². The van der Waals surface area contributed by atoms with Gasteiger partial charge in [-0.05, 0) is 75.0 Å². The summed E-state index contributed by atoms with van der Waals surface area (Å²) in [6.07, 6.45) is 6.09. The van der Waals surface area contributed by atoms with Gasteiger partial charge >= 0.3 is 0 Å². The van der Waals surface area contributed by atoms with Crippen molar-refractivity contribution in [3.05, 3.63) is 59.2 Å². The number of amides is 1. The molecule has 0 saturated carbocycles. The highest BCUT2D eigenvalue weighted by Crippen LogP contribution is 2.32. The molecule has 1 fully saturated rings. The predicted molar refractivity (Wildman–Crippen MR) is 126 cm³/mol. The fourth-order valence-electron chi connectivity index (χ4n) is 4.92. The van der Waals surface area contributed by atoms with Crippen LogP contribution in [-0.2, 0) is 6.42 Å². The van der Waals surface area contributed by atoms with Gasteiger partial charge in [-0.2, -0.15) is 0 Å². The zero-order chi connectivity index (χ0) is 21.6. The molecular formula is C26H35N3O2. The SMILES string of the molecule is CCOc1ccccc1C(=O)NC[C@@H](c1ccc2c(c1)CCCN2C)N1CCCCC1. The van der Waals surface area contributed by atoms with E-state index in [1.54, 1.807) is 0 Å². The molecule has 0 aliphatic carbocycles. The third-order valence-corrected chi connectivity index (χ3v) is 6.56. The van der Waals surface area contributed by atoms with Crippen LogP contribution in [0.25, 0.3) is 0 Å². The number of piperidine rings is 1. The number of aryl methyl sites for hydroxylation is 1. The van der Waals surface area contributed by atoms with Crippen LogP contribution in [0.3, 0.4) is 0 Å². The summed E-state index contributed by atoms with van der Waals surface area (Å²) < 4.78 is 5.66. The smallest absolute Gasteiger partial charge is 0.255 e. The van der Waals surface area contributed by atoms with Crippen LogP contribution >= 0.6 is 0 Å². The Morgan fingerprint density at radius 1 is 1.06 bits per heavy atom. The zero-order valence-electron chi connectivity index (χ0n) is 18.9. The average molecular weight is 422 g/mol.